The summed E-state index contributed by atoms with van der Waals surface area (Å²) in [5.41, 5.74) is 2.52. The smallest absolute Gasteiger partial charge is 0.258 e. The molecule has 0 unspecified atom stereocenters. The van der Waals surface area contributed by atoms with Crippen molar-refractivity contribution < 1.29 is 4.79 Å². The third-order valence-electron chi connectivity index (χ3n) is 2.88. The first-order valence-electron chi connectivity index (χ1n) is 6.01. The lowest BCUT2D eigenvalue weighted by Gasteiger charge is -2.21. The number of carbonyl (C=O) groups excluding carboxylic acids is 1. The van der Waals surface area contributed by atoms with Gasteiger partial charge < -0.3 is 4.90 Å². The minimum atomic E-state index is 0.0172. The summed E-state index contributed by atoms with van der Waals surface area (Å²) < 4.78 is 0. The molecule has 0 aliphatic heterocycles. The number of aryl methyl sites for hydroxylation is 1. The summed E-state index contributed by atoms with van der Waals surface area (Å²) in [6, 6.07) is 11.5. The van der Waals surface area contributed by atoms with E-state index in [1.165, 1.54) is 0 Å². The van der Waals surface area contributed by atoms with E-state index in [1.54, 1.807) is 23.4 Å². The van der Waals surface area contributed by atoms with Crippen LogP contribution in [-0.4, -0.2) is 17.4 Å². The Labute approximate surface area is 107 Å². The Kier molecular flexibility index (Phi) is 3.72. The van der Waals surface area contributed by atoms with Gasteiger partial charge >= 0.3 is 0 Å². The molecule has 0 fully saturated rings. The number of carbonyl (C=O) groups is 1. The van der Waals surface area contributed by atoms with Crippen LogP contribution in [0.3, 0.4) is 0 Å². The molecule has 0 aliphatic carbocycles. The van der Waals surface area contributed by atoms with Gasteiger partial charge in [-0.1, -0.05) is 18.2 Å². The second-order valence-corrected chi connectivity index (χ2v) is 4.08. The van der Waals surface area contributed by atoms with Crippen LogP contribution in [0.4, 0.5) is 5.69 Å². The number of anilines is 1. The van der Waals surface area contributed by atoms with Crippen molar-refractivity contribution in [1.82, 2.24) is 4.98 Å². The van der Waals surface area contributed by atoms with Crippen LogP contribution in [0.1, 0.15) is 22.8 Å². The Bertz CT molecular complexity index is 537. The molecule has 1 heterocycles. The van der Waals surface area contributed by atoms with Crippen LogP contribution in [0.5, 0.6) is 0 Å². The minimum absolute atomic E-state index is 0.0172. The largest absolute Gasteiger partial charge is 0.309 e. The van der Waals surface area contributed by atoms with E-state index < -0.39 is 0 Å². The number of nitrogens with zero attached hydrogens (tertiary/aromatic N) is 2. The highest BCUT2D eigenvalue weighted by Crippen LogP contribution is 2.17. The molecule has 0 saturated carbocycles. The fourth-order valence-corrected chi connectivity index (χ4v) is 1.91. The van der Waals surface area contributed by atoms with Crippen molar-refractivity contribution in [3.8, 4) is 0 Å². The standard InChI is InChI=1S/C15H16N2O/c1-3-17(13-7-5-4-6-8-13)15(18)14-9-10-16-11-12(14)2/h4-11H,3H2,1-2H3. The number of hydrogen-bond acceptors (Lipinski definition) is 2. The van der Waals surface area contributed by atoms with Crippen molar-refractivity contribution >= 4 is 11.6 Å². The number of aromatic nitrogens is 1. The van der Waals surface area contributed by atoms with Gasteiger partial charge in [-0.2, -0.15) is 0 Å². The zero-order valence-electron chi connectivity index (χ0n) is 10.6. The number of para-hydroxylation sites is 1. The predicted octanol–water partition coefficient (Wildman–Crippen LogP) is 3.06. The van der Waals surface area contributed by atoms with E-state index in [1.807, 2.05) is 44.2 Å². The summed E-state index contributed by atoms with van der Waals surface area (Å²) in [5.74, 6) is 0.0172. The summed E-state index contributed by atoms with van der Waals surface area (Å²) in [5, 5.41) is 0. The maximum Gasteiger partial charge on any atom is 0.258 e. The van der Waals surface area contributed by atoms with Crippen molar-refractivity contribution in [3.63, 3.8) is 0 Å². The quantitative estimate of drug-likeness (QED) is 0.826. The van der Waals surface area contributed by atoms with Gasteiger partial charge in [-0.05, 0) is 37.6 Å². The molecule has 18 heavy (non-hydrogen) atoms. The van der Waals surface area contributed by atoms with E-state index in [0.717, 1.165) is 11.3 Å². The van der Waals surface area contributed by atoms with Crippen LogP contribution in [-0.2, 0) is 0 Å². The first-order chi connectivity index (χ1) is 8.74. The molecule has 0 saturated heterocycles. The molecule has 0 radical (unpaired) electrons. The Morgan fingerprint density at radius 2 is 1.94 bits per heavy atom. The van der Waals surface area contributed by atoms with E-state index in [9.17, 15) is 4.79 Å². The van der Waals surface area contributed by atoms with Crippen molar-refractivity contribution in [1.29, 1.82) is 0 Å². The molecule has 2 rings (SSSR count). The monoisotopic (exact) mass is 240 g/mol. The third-order valence-corrected chi connectivity index (χ3v) is 2.88. The van der Waals surface area contributed by atoms with Crippen molar-refractivity contribution in [2.75, 3.05) is 11.4 Å². The average molecular weight is 240 g/mol. The maximum absolute atomic E-state index is 12.5. The Morgan fingerprint density at radius 3 is 2.56 bits per heavy atom. The number of hydrogen-bond donors (Lipinski definition) is 0. The van der Waals surface area contributed by atoms with Gasteiger partial charge in [0.15, 0.2) is 0 Å². The zero-order chi connectivity index (χ0) is 13.0. The minimum Gasteiger partial charge on any atom is -0.309 e. The summed E-state index contributed by atoms with van der Waals surface area (Å²) in [7, 11) is 0. The molecular weight excluding hydrogens is 224 g/mol. The van der Waals surface area contributed by atoms with E-state index in [2.05, 4.69) is 4.98 Å². The van der Waals surface area contributed by atoms with Crippen LogP contribution >= 0.6 is 0 Å². The van der Waals surface area contributed by atoms with Gasteiger partial charge in [0.2, 0.25) is 0 Å². The highest BCUT2D eigenvalue weighted by molar-refractivity contribution is 6.06. The lowest BCUT2D eigenvalue weighted by Crippen LogP contribution is -2.31. The van der Waals surface area contributed by atoms with E-state index in [4.69, 9.17) is 0 Å². The number of rotatable bonds is 3. The summed E-state index contributed by atoms with van der Waals surface area (Å²) in [6.07, 6.45) is 3.37. The topological polar surface area (TPSA) is 33.2 Å². The van der Waals surface area contributed by atoms with Crippen LogP contribution in [0, 0.1) is 6.92 Å². The number of pyridine rings is 1. The first-order valence-corrected chi connectivity index (χ1v) is 6.01. The van der Waals surface area contributed by atoms with E-state index in [0.29, 0.717) is 12.1 Å². The molecule has 0 spiro atoms. The Morgan fingerprint density at radius 1 is 1.22 bits per heavy atom. The van der Waals surface area contributed by atoms with Gasteiger partial charge in [-0.3, -0.25) is 9.78 Å². The molecule has 1 aromatic carbocycles. The first kappa shape index (κ1) is 12.3. The molecule has 2 aromatic rings. The van der Waals surface area contributed by atoms with E-state index in [-0.39, 0.29) is 5.91 Å². The van der Waals surface area contributed by atoms with E-state index >= 15 is 0 Å². The molecule has 0 bridgehead atoms. The predicted molar refractivity (Wildman–Crippen MR) is 72.8 cm³/mol. The molecule has 3 nitrogen and oxygen atoms in total. The molecule has 1 aromatic heterocycles. The molecule has 3 heteroatoms. The van der Waals surface area contributed by atoms with Gasteiger partial charge in [0, 0.05) is 30.2 Å². The highest BCUT2D eigenvalue weighted by atomic mass is 16.2. The normalized spacial score (nSPS) is 10.1. The molecule has 0 aliphatic rings. The Hall–Kier alpha value is -2.16. The maximum atomic E-state index is 12.5. The van der Waals surface area contributed by atoms with Gasteiger partial charge in [0.1, 0.15) is 0 Å². The molecule has 0 atom stereocenters. The number of benzene rings is 1. The van der Waals surface area contributed by atoms with Crippen molar-refractivity contribution in [3.05, 3.63) is 59.9 Å². The summed E-state index contributed by atoms with van der Waals surface area (Å²) >= 11 is 0. The Balaban J connectivity index is 2.35. The zero-order valence-corrected chi connectivity index (χ0v) is 10.6. The van der Waals surface area contributed by atoms with Crippen LogP contribution in [0.25, 0.3) is 0 Å². The molecule has 0 N–H and O–H groups in total. The van der Waals surface area contributed by atoms with Crippen LogP contribution in [0.2, 0.25) is 0 Å². The lowest BCUT2D eigenvalue weighted by molar-refractivity contribution is 0.0987. The second-order valence-electron chi connectivity index (χ2n) is 4.08. The van der Waals surface area contributed by atoms with Gasteiger partial charge in [-0.15, -0.1) is 0 Å². The summed E-state index contributed by atoms with van der Waals surface area (Å²) in [4.78, 5) is 18.3. The molecule has 1 amide bonds. The molecule has 92 valence electrons. The average Bonchev–Trinajstić information content (AvgIpc) is 2.41. The second kappa shape index (κ2) is 5.45. The van der Waals surface area contributed by atoms with Crippen LogP contribution in [0.15, 0.2) is 48.8 Å². The number of amides is 1. The van der Waals surface area contributed by atoms with Crippen LogP contribution < -0.4 is 4.90 Å². The SMILES string of the molecule is CCN(C(=O)c1ccncc1C)c1ccccc1. The lowest BCUT2D eigenvalue weighted by atomic mass is 10.1. The molecular formula is C15H16N2O. The van der Waals surface area contributed by atoms with Crippen molar-refractivity contribution in [2.45, 2.75) is 13.8 Å². The fourth-order valence-electron chi connectivity index (χ4n) is 1.91. The third kappa shape index (κ3) is 2.40. The van der Waals surface area contributed by atoms with Gasteiger partial charge in [0.25, 0.3) is 5.91 Å². The van der Waals surface area contributed by atoms with Gasteiger partial charge in [-0.25, -0.2) is 0 Å². The van der Waals surface area contributed by atoms with Gasteiger partial charge in [0.05, 0.1) is 0 Å². The van der Waals surface area contributed by atoms with Crippen molar-refractivity contribution in [2.24, 2.45) is 0 Å². The summed E-state index contributed by atoms with van der Waals surface area (Å²) in [6.45, 7) is 4.52. The highest BCUT2D eigenvalue weighted by Gasteiger charge is 2.17. The fraction of sp³-hybridized carbons (Fsp3) is 0.200.